The van der Waals surface area contributed by atoms with Gasteiger partial charge in [-0.3, -0.25) is 0 Å². The Morgan fingerprint density at radius 3 is 2.43 bits per heavy atom. The van der Waals surface area contributed by atoms with Crippen molar-refractivity contribution in [1.82, 2.24) is 0 Å². The lowest BCUT2D eigenvalue weighted by atomic mass is 9.88. The molecule has 0 radical (unpaired) electrons. The Labute approximate surface area is 81.6 Å². The highest BCUT2D eigenvalue weighted by Crippen LogP contribution is 2.36. The predicted octanol–water partition coefficient (Wildman–Crippen LogP) is 3.32. The molecule has 2 heteroatoms. The van der Waals surface area contributed by atoms with Crippen molar-refractivity contribution in [2.24, 2.45) is 0 Å². The van der Waals surface area contributed by atoms with Gasteiger partial charge in [-0.1, -0.05) is 42.5 Å². The Morgan fingerprint density at radius 2 is 1.79 bits per heavy atom. The van der Waals surface area contributed by atoms with Gasteiger partial charge in [0, 0.05) is 0 Å². The van der Waals surface area contributed by atoms with Crippen molar-refractivity contribution in [2.45, 2.75) is 11.8 Å². The van der Waals surface area contributed by atoms with E-state index >= 15 is 0 Å². The van der Waals surface area contributed by atoms with Gasteiger partial charge in [0.2, 0.25) is 0 Å². The molecule has 1 aromatic carbocycles. The third-order valence-electron chi connectivity index (χ3n) is 2.35. The molecule has 2 rings (SSSR count). The van der Waals surface area contributed by atoms with E-state index in [1.807, 2.05) is 0 Å². The van der Waals surface area contributed by atoms with Crippen molar-refractivity contribution in [2.75, 3.05) is 0 Å². The molecule has 72 valence electrons. The fourth-order valence-corrected chi connectivity index (χ4v) is 1.54. The number of hydrogen-bond acceptors (Lipinski definition) is 0. The smallest absolute Gasteiger partial charge is 0.189 e. The molecule has 2 unspecified atom stereocenters. The molecule has 0 saturated carbocycles. The minimum Gasteiger partial charge on any atom is -0.239 e. The Morgan fingerprint density at radius 1 is 1.07 bits per heavy atom. The average Bonchev–Trinajstić information content (AvgIpc) is 2.24. The Kier molecular flexibility index (Phi) is 2.20. The van der Waals surface area contributed by atoms with Crippen LogP contribution in [0.2, 0.25) is 0 Å². The SMILES string of the molecule is FC1C=CC=CC1(F)c1ccccc1. The average molecular weight is 192 g/mol. The quantitative estimate of drug-likeness (QED) is 0.640. The first kappa shape index (κ1) is 9.13. The topological polar surface area (TPSA) is 0 Å². The van der Waals surface area contributed by atoms with Crippen LogP contribution < -0.4 is 0 Å². The van der Waals surface area contributed by atoms with E-state index in [0.717, 1.165) is 0 Å². The van der Waals surface area contributed by atoms with Gasteiger partial charge in [0.15, 0.2) is 11.8 Å². The van der Waals surface area contributed by atoms with E-state index < -0.39 is 11.8 Å². The summed E-state index contributed by atoms with van der Waals surface area (Å²) in [6.07, 6.45) is 3.93. The predicted molar refractivity (Wildman–Crippen MR) is 52.4 cm³/mol. The number of allylic oxidation sites excluding steroid dienone is 4. The van der Waals surface area contributed by atoms with Crippen LogP contribution in [0.4, 0.5) is 8.78 Å². The molecule has 2 atom stereocenters. The first-order chi connectivity index (χ1) is 6.73. The summed E-state index contributed by atoms with van der Waals surface area (Å²) in [7, 11) is 0. The van der Waals surface area contributed by atoms with Crippen molar-refractivity contribution in [1.29, 1.82) is 0 Å². The molecule has 1 aliphatic rings. The second kappa shape index (κ2) is 3.37. The van der Waals surface area contributed by atoms with Crippen molar-refractivity contribution < 1.29 is 8.78 Å². The molecule has 0 aromatic heterocycles. The van der Waals surface area contributed by atoms with Gasteiger partial charge in [0.1, 0.15) is 0 Å². The van der Waals surface area contributed by atoms with E-state index in [2.05, 4.69) is 0 Å². The highest BCUT2D eigenvalue weighted by molar-refractivity contribution is 5.35. The fraction of sp³-hybridized carbons (Fsp3) is 0.167. The second-order valence-corrected chi connectivity index (χ2v) is 3.28. The molecule has 0 spiro atoms. The van der Waals surface area contributed by atoms with E-state index in [-0.39, 0.29) is 0 Å². The third kappa shape index (κ3) is 1.37. The Hall–Kier alpha value is -1.44. The number of alkyl halides is 2. The zero-order valence-corrected chi connectivity index (χ0v) is 7.53. The molecule has 0 aliphatic heterocycles. The van der Waals surface area contributed by atoms with Crippen LogP contribution in [0.25, 0.3) is 0 Å². The third-order valence-corrected chi connectivity index (χ3v) is 2.35. The van der Waals surface area contributed by atoms with Crippen LogP contribution in [0.1, 0.15) is 5.56 Å². The number of rotatable bonds is 1. The zero-order valence-electron chi connectivity index (χ0n) is 7.53. The fourth-order valence-electron chi connectivity index (χ4n) is 1.54. The Balaban J connectivity index is 2.42. The summed E-state index contributed by atoms with van der Waals surface area (Å²) in [5, 5.41) is 0. The second-order valence-electron chi connectivity index (χ2n) is 3.28. The van der Waals surface area contributed by atoms with E-state index in [0.29, 0.717) is 5.56 Å². The monoisotopic (exact) mass is 192 g/mol. The van der Waals surface area contributed by atoms with E-state index in [4.69, 9.17) is 0 Å². The minimum atomic E-state index is -2.00. The molecular weight excluding hydrogens is 182 g/mol. The van der Waals surface area contributed by atoms with Crippen molar-refractivity contribution >= 4 is 0 Å². The molecule has 14 heavy (non-hydrogen) atoms. The molecule has 0 saturated heterocycles. The normalized spacial score (nSPS) is 30.6. The van der Waals surface area contributed by atoms with Crippen LogP contribution in [-0.2, 0) is 5.67 Å². The van der Waals surface area contributed by atoms with Gasteiger partial charge in [-0.2, -0.15) is 0 Å². The molecule has 0 amide bonds. The van der Waals surface area contributed by atoms with Crippen LogP contribution in [0.5, 0.6) is 0 Å². The van der Waals surface area contributed by atoms with Gasteiger partial charge in [-0.05, 0) is 17.7 Å². The molecule has 1 aromatic rings. The first-order valence-corrected chi connectivity index (χ1v) is 4.48. The molecule has 0 nitrogen and oxygen atoms in total. The summed E-state index contributed by atoms with van der Waals surface area (Å²) >= 11 is 0. The lowest BCUT2D eigenvalue weighted by molar-refractivity contribution is 0.124. The number of hydrogen-bond donors (Lipinski definition) is 0. The van der Waals surface area contributed by atoms with Crippen LogP contribution in [0, 0.1) is 0 Å². The van der Waals surface area contributed by atoms with Gasteiger partial charge in [-0.25, -0.2) is 8.78 Å². The number of halogens is 2. The minimum absolute atomic E-state index is 0.355. The van der Waals surface area contributed by atoms with Crippen molar-refractivity contribution in [3.05, 3.63) is 60.2 Å². The zero-order chi connectivity index (χ0) is 10.0. The lowest BCUT2D eigenvalue weighted by Gasteiger charge is -2.26. The molecular formula is C12H10F2. The van der Waals surface area contributed by atoms with Gasteiger partial charge in [-0.15, -0.1) is 0 Å². The molecule has 1 aliphatic carbocycles. The van der Waals surface area contributed by atoms with E-state index in [9.17, 15) is 8.78 Å². The summed E-state index contributed by atoms with van der Waals surface area (Å²) in [5.74, 6) is 0. The standard InChI is InChI=1S/C12H10F2/c13-11-8-4-5-9-12(11,14)10-6-2-1-3-7-10/h1-9,11H. The van der Waals surface area contributed by atoms with E-state index in [1.54, 1.807) is 30.3 Å². The van der Waals surface area contributed by atoms with Gasteiger partial charge >= 0.3 is 0 Å². The van der Waals surface area contributed by atoms with Gasteiger partial charge < -0.3 is 0 Å². The molecule has 0 fully saturated rings. The molecule has 0 bridgehead atoms. The Bertz CT molecular complexity index is 367. The summed E-state index contributed by atoms with van der Waals surface area (Å²) in [4.78, 5) is 0. The first-order valence-electron chi connectivity index (χ1n) is 4.48. The summed E-state index contributed by atoms with van der Waals surface area (Å²) in [5.41, 5.74) is -1.65. The van der Waals surface area contributed by atoms with Crippen molar-refractivity contribution in [3.8, 4) is 0 Å². The lowest BCUT2D eigenvalue weighted by Crippen LogP contribution is -2.29. The summed E-state index contributed by atoms with van der Waals surface area (Å²) in [6, 6.07) is 8.37. The highest BCUT2D eigenvalue weighted by atomic mass is 19.2. The van der Waals surface area contributed by atoms with Crippen LogP contribution in [-0.4, -0.2) is 6.17 Å². The maximum absolute atomic E-state index is 14.2. The maximum Gasteiger partial charge on any atom is 0.189 e. The van der Waals surface area contributed by atoms with Crippen molar-refractivity contribution in [3.63, 3.8) is 0 Å². The number of benzene rings is 1. The van der Waals surface area contributed by atoms with Crippen LogP contribution >= 0.6 is 0 Å². The molecule has 0 N–H and O–H groups in total. The largest absolute Gasteiger partial charge is 0.239 e. The van der Waals surface area contributed by atoms with Crippen LogP contribution in [0.15, 0.2) is 54.6 Å². The summed E-state index contributed by atoms with van der Waals surface area (Å²) in [6.45, 7) is 0. The highest BCUT2D eigenvalue weighted by Gasteiger charge is 2.38. The molecule has 0 heterocycles. The maximum atomic E-state index is 14.2. The van der Waals surface area contributed by atoms with Crippen LogP contribution in [0.3, 0.4) is 0 Å². The van der Waals surface area contributed by atoms with Gasteiger partial charge in [0.05, 0.1) is 0 Å². The van der Waals surface area contributed by atoms with E-state index in [1.165, 1.54) is 24.3 Å². The van der Waals surface area contributed by atoms with Gasteiger partial charge in [0.25, 0.3) is 0 Å². The summed E-state index contributed by atoms with van der Waals surface area (Å²) < 4.78 is 27.6.